The molecule has 0 radical (unpaired) electrons. The molecule has 1 atom stereocenters. The molecule has 0 amide bonds. The Morgan fingerprint density at radius 1 is 1.16 bits per heavy atom. The summed E-state index contributed by atoms with van der Waals surface area (Å²) >= 11 is 1.86. The Balaban J connectivity index is 0.000000695. The number of methoxy groups -OCH3 is 1. The maximum atomic E-state index is 11.1. The van der Waals surface area contributed by atoms with Crippen LogP contribution in [0.15, 0.2) is 36.4 Å². The second kappa shape index (κ2) is 20.3. The van der Waals surface area contributed by atoms with Gasteiger partial charge in [-0.3, -0.25) is 4.79 Å². The molecule has 0 aliphatic rings. The van der Waals surface area contributed by atoms with Gasteiger partial charge in [0, 0.05) is 20.0 Å². The minimum Gasteiger partial charge on any atom is -0.466 e. The van der Waals surface area contributed by atoms with Crippen molar-refractivity contribution >= 4 is 23.5 Å². The van der Waals surface area contributed by atoms with Crippen LogP contribution in [0.4, 0.5) is 0 Å². The van der Waals surface area contributed by atoms with Gasteiger partial charge in [-0.25, -0.2) is 0 Å². The van der Waals surface area contributed by atoms with E-state index in [4.69, 9.17) is 9.47 Å². The van der Waals surface area contributed by atoms with Gasteiger partial charge in [0.2, 0.25) is 0 Å². The predicted octanol–water partition coefficient (Wildman–Crippen LogP) is 6.41. The van der Waals surface area contributed by atoms with Crippen LogP contribution < -0.4 is 0 Å². The molecule has 0 N–H and O–H groups in total. The van der Waals surface area contributed by atoms with Crippen LogP contribution in [-0.2, 0) is 32.1 Å². The van der Waals surface area contributed by atoms with Crippen molar-refractivity contribution in [3.63, 3.8) is 0 Å². The number of hydrogen-bond donors (Lipinski definition) is 0. The third-order valence-electron chi connectivity index (χ3n) is 4.56. The molecule has 1 aromatic rings. The number of aryl methyl sites for hydroxylation is 1. The van der Waals surface area contributed by atoms with Gasteiger partial charge in [0.1, 0.15) is 5.78 Å². The summed E-state index contributed by atoms with van der Waals surface area (Å²) in [5, 5.41) is 0. The Bertz CT molecular complexity index is 628. The minimum absolute atomic E-state index is 0.0656. The highest BCUT2D eigenvalue weighted by Crippen LogP contribution is 2.13. The molecule has 1 rings (SSSR count). The van der Waals surface area contributed by atoms with Crippen LogP contribution in [0.2, 0.25) is 0 Å². The summed E-state index contributed by atoms with van der Waals surface area (Å²) in [6, 6.07) is 8.52. The molecule has 0 saturated heterocycles. The quantitative estimate of drug-likeness (QED) is 0.176. The van der Waals surface area contributed by atoms with E-state index in [1.54, 1.807) is 14.0 Å². The van der Waals surface area contributed by atoms with Crippen LogP contribution in [0.25, 0.3) is 0 Å². The van der Waals surface area contributed by atoms with Gasteiger partial charge in [0.25, 0.3) is 0 Å². The lowest BCUT2D eigenvalue weighted by Crippen LogP contribution is -2.03. The van der Waals surface area contributed by atoms with Crippen molar-refractivity contribution in [3.05, 3.63) is 47.5 Å². The lowest BCUT2D eigenvalue weighted by atomic mass is 9.98. The van der Waals surface area contributed by atoms with Gasteiger partial charge >= 0.3 is 5.97 Å². The second-order valence-electron chi connectivity index (χ2n) is 7.40. The first-order valence-electron chi connectivity index (χ1n) is 11.4. The normalized spacial score (nSPS) is 11.6. The average molecular weight is 451 g/mol. The lowest BCUT2D eigenvalue weighted by Gasteiger charge is -2.07. The molecule has 4 nitrogen and oxygen atoms in total. The molecule has 0 fully saturated rings. The summed E-state index contributed by atoms with van der Waals surface area (Å²) < 4.78 is 9.92. The number of rotatable bonds is 15. The van der Waals surface area contributed by atoms with E-state index in [0.29, 0.717) is 32.0 Å². The van der Waals surface area contributed by atoms with Gasteiger partial charge < -0.3 is 14.3 Å². The molecule has 0 bridgehead atoms. The summed E-state index contributed by atoms with van der Waals surface area (Å²) in [5.41, 5.74) is 2.56. The molecule has 0 aromatic heterocycles. The Morgan fingerprint density at radius 2 is 1.90 bits per heavy atom. The summed E-state index contributed by atoms with van der Waals surface area (Å²) in [4.78, 5) is 21.9. The van der Waals surface area contributed by atoms with Crippen molar-refractivity contribution in [1.82, 2.24) is 0 Å². The van der Waals surface area contributed by atoms with Crippen LogP contribution in [0, 0.1) is 5.92 Å². The fourth-order valence-corrected chi connectivity index (χ4v) is 3.63. The van der Waals surface area contributed by atoms with Crippen molar-refractivity contribution in [3.8, 4) is 0 Å². The third-order valence-corrected chi connectivity index (χ3v) is 5.55. The van der Waals surface area contributed by atoms with Gasteiger partial charge in [-0.2, -0.15) is 11.8 Å². The Hall–Kier alpha value is -1.59. The summed E-state index contributed by atoms with van der Waals surface area (Å²) in [6.07, 6.45) is 9.66. The first-order chi connectivity index (χ1) is 15.0. The smallest absolute Gasteiger partial charge is 0.305 e. The molecular formula is C26H42O4S. The van der Waals surface area contributed by atoms with Crippen LogP contribution >= 0.6 is 11.8 Å². The number of Topliss-reactive ketones (excluding diaryl/α,β-unsaturated/α-hetero) is 1. The lowest BCUT2D eigenvalue weighted by molar-refractivity contribution is -0.143. The molecule has 0 spiro atoms. The van der Waals surface area contributed by atoms with Gasteiger partial charge in [0.15, 0.2) is 0 Å². The first kappa shape index (κ1) is 29.4. The standard InChI is InChI=1S/C18H26O2.C8H16O2S/c1-4-16(12-15(2)19)8-5-6-9-17-10-7-11-18(13-17)14-20-3;1-3-10-8(9)6-5-7-11-4-2/h5,7-8,10-11,13,16H,4,6,9,12,14H2,1-3H3;3-7H2,1-2H3/b8-5+;. The molecule has 0 aliphatic heterocycles. The zero-order valence-electron chi connectivity index (χ0n) is 20.2. The predicted molar refractivity (Wildman–Crippen MR) is 133 cm³/mol. The number of hydrogen-bond acceptors (Lipinski definition) is 5. The number of carbonyl (C=O) groups excluding carboxylic acids is 2. The van der Waals surface area contributed by atoms with Crippen LogP contribution in [0.5, 0.6) is 0 Å². The Kier molecular flexibility index (Phi) is 19.3. The number of ether oxygens (including phenoxy) is 2. The number of esters is 1. The van der Waals surface area contributed by atoms with Gasteiger partial charge in [-0.1, -0.05) is 50.3 Å². The first-order valence-corrected chi connectivity index (χ1v) is 12.6. The van der Waals surface area contributed by atoms with E-state index in [1.165, 1.54) is 11.1 Å². The monoisotopic (exact) mass is 450 g/mol. The molecule has 0 saturated carbocycles. The van der Waals surface area contributed by atoms with E-state index in [0.717, 1.165) is 37.2 Å². The number of ketones is 1. The second-order valence-corrected chi connectivity index (χ2v) is 8.79. The number of benzene rings is 1. The Labute approximate surface area is 194 Å². The highest BCUT2D eigenvalue weighted by Gasteiger charge is 2.04. The third kappa shape index (κ3) is 17.8. The Morgan fingerprint density at radius 3 is 2.52 bits per heavy atom. The van der Waals surface area contributed by atoms with Crippen LogP contribution in [-0.4, -0.2) is 37.0 Å². The summed E-state index contributed by atoms with van der Waals surface area (Å²) in [6.45, 7) is 8.91. The van der Waals surface area contributed by atoms with Crippen molar-refractivity contribution in [1.29, 1.82) is 0 Å². The zero-order chi connectivity index (χ0) is 23.3. The van der Waals surface area contributed by atoms with Crippen LogP contribution in [0.1, 0.15) is 70.9 Å². The van der Waals surface area contributed by atoms with Crippen molar-refractivity contribution in [2.75, 3.05) is 25.2 Å². The molecule has 1 aromatic carbocycles. The van der Waals surface area contributed by atoms with Gasteiger partial charge in [-0.15, -0.1) is 0 Å². The summed E-state index contributed by atoms with van der Waals surface area (Å²) in [7, 11) is 1.72. The highest BCUT2D eigenvalue weighted by molar-refractivity contribution is 7.99. The molecule has 1 unspecified atom stereocenters. The highest BCUT2D eigenvalue weighted by atomic mass is 32.2. The molecule has 31 heavy (non-hydrogen) atoms. The molecular weight excluding hydrogens is 408 g/mol. The van der Waals surface area contributed by atoms with E-state index >= 15 is 0 Å². The number of carbonyl (C=O) groups is 2. The topological polar surface area (TPSA) is 52.6 Å². The van der Waals surface area contributed by atoms with Crippen molar-refractivity contribution in [2.45, 2.75) is 72.8 Å². The molecule has 176 valence electrons. The molecule has 0 aliphatic carbocycles. The van der Waals surface area contributed by atoms with E-state index in [-0.39, 0.29) is 11.8 Å². The van der Waals surface area contributed by atoms with Gasteiger partial charge in [-0.05, 0) is 68.1 Å². The maximum Gasteiger partial charge on any atom is 0.305 e. The van der Waals surface area contributed by atoms with E-state index in [1.807, 2.05) is 18.7 Å². The van der Waals surface area contributed by atoms with E-state index in [2.05, 4.69) is 50.3 Å². The van der Waals surface area contributed by atoms with E-state index in [9.17, 15) is 9.59 Å². The van der Waals surface area contributed by atoms with Crippen molar-refractivity contribution in [2.24, 2.45) is 5.92 Å². The van der Waals surface area contributed by atoms with Crippen molar-refractivity contribution < 1.29 is 19.1 Å². The molecule has 5 heteroatoms. The maximum absolute atomic E-state index is 11.1. The molecule has 0 heterocycles. The largest absolute Gasteiger partial charge is 0.466 e. The number of allylic oxidation sites excluding steroid dienone is 2. The fourth-order valence-electron chi connectivity index (χ4n) is 2.99. The average Bonchev–Trinajstić information content (AvgIpc) is 2.74. The number of thioether (sulfide) groups is 1. The van der Waals surface area contributed by atoms with Crippen LogP contribution in [0.3, 0.4) is 0 Å². The fraction of sp³-hybridized carbons (Fsp3) is 0.615. The van der Waals surface area contributed by atoms with Gasteiger partial charge in [0.05, 0.1) is 13.2 Å². The SMILES string of the molecule is CCC(/C=C/CCc1cccc(COC)c1)CC(C)=O.CCOC(=O)CCCSCC. The van der Waals surface area contributed by atoms with E-state index < -0.39 is 0 Å². The zero-order valence-corrected chi connectivity index (χ0v) is 21.0. The summed E-state index contributed by atoms with van der Waals surface area (Å²) in [5.74, 6) is 2.79. The minimum atomic E-state index is -0.0656.